The smallest absolute Gasteiger partial charge is 0.240 e. The fourth-order valence-electron chi connectivity index (χ4n) is 3.08. The highest BCUT2D eigenvalue weighted by atomic mass is 16.5. The predicted molar refractivity (Wildman–Crippen MR) is 91.4 cm³/mol. The summed E-state index contributed by atoms with van der Waals surface area (Å²) in [5.41, 5.74) is 0. The Morgan fingerprint density at radius 3 is 2.88 bits per heavy atom. The summed E-state index contributed by atoms with van der Waals surface area (Å²) in [6.07, 6.45) is 4.14. The first kappa shape index (κ1) is 17.7. The fourth-order valence-corrected chi connectivity index (χ4v) is 3.08. The minimum atomic E-state index is 0.0606. The van der Waals surface area contributed by atoms with Crippen LogP contribution in [-0.2, 0) is 24.3 Å². The molecule has 1 aliphatic rings. The number of hydrogen-bond donors (Lipinski definition) is 1. The molecule has 1 saturated heterocycles. The van der Waals surface area contributed by atoms with E-state index in [1.807, 2.05) is 12.1 Å². The second-order valence-electron chi connectivity index (χ2n) is 7.05. The third kappa shape index (κ3) is 5.16. The van der Waals surface area contributed by atoms with Crippen molar-refractivity contribution in [2.45, 2.75) is 46.2 Å². The maximum absolute atomic E-state index is 12.3. The highest BCUT2D eigenvalue weighted by Crippen LogP contribution is 2.19. The van der Waals surface area contributed by atoms with Gasteiger partial charge in [0.05, 0.1) is 19.4 Å². The maximum atomic E-state index is 12.3. The van der Waals surface area contributed by atoms with Crippen molar-refractivity contribution in [2.75, 3.05) is 13.1 Å². The van der Waals surface area contributed by atoms with Crippen molar-refractivity contribution in [3.05, 3.63) is 35.9 Å². The number of likely N-dealkylation sites (tertiary alicyclic amines) is 1. The van der Waals surface area contributed by atoms with Crippen LogP contribution in [0.2, 0.25) is 0 Å². The van der Waals surface area contributed by atoms with Crippen LogP contribution >= 0.6 is 0 Å². The maximum Gasteiger partial charge on any atom is 0.240 e. The van der Waals surface area contributed by atoms with Crippen LogP contribution in [0.1, 0.15) is 44.2 Å². The molecule has 7 nitrogen and oxygen atoms in total. The van der Waals surface area contributed by atoms with E-state index in [9.17, 15) is 4.79 Å². The molecule has 2 aromatic rings. The average molecular weight is 346 g/mol. The Balaban J connectivity index is 1.40. The zero-order chi connectivity index (χ0) is 17.6. The standard InChI is InChI=1S/C18H26N4O3/c1-13(2)10-16-20-17(25-21-16)12-22-7-5-14(6-8-22)18(23)19-11-15-4-3-9-24-15/h3-4,9,13-14H,5-8,10-12H2,1-2H3,(H,19,23). The van der Waals surface area contributed by atoms with Gasteiger partial charge in [0.15, 0.2) is 5.82 Å². The molecule has 0 radical (unpaired) electrons. The molecule has 0 saturated carbocycles. The van der Waals surface area contributed by atoms with Gasteiger partial charge in [0, 0.05) is 12.3 Å². The molecule has 1 N–H and O–H groups in total. The number of aromatic nitrogens is 2. The highest BCUT2D eigenvalue weighted by molar-refractivity contribution is 5.78. The Morgan fingerprint density at radius 2 is 2.20 bits per heavy atom. The number of amides is 1. The van der Waals surface area contributed by atoms with E-state index in [1.165, 1.54) is 0 Å². The van der Waals surface area contributed by atoms with Gasteiger partial charge in [0.1, 0.15) is 5.76 Å². The van der Waals surface area contributed by atoms with Crippen LogP contribution in [0.3, 0.4) is 0 Å². The van der Waals surface area contributed by atoms with Gasteiger partial charge >= 0.3 is 0 Å². The van der Waals surface area contributed by atoms with Crippen LogP contribution < -0.4 is 5.32 Å². The number of carbonyl (C=O) groups excluding carboxylic acids is 1. The van der Waals surface area contributed by atoms with E-state index in [2.05, 4.69) is 34.2 Å². The second-order valence-corrected chi connectivity index (χ2v) is 7.05. The number of furan rings is 1. The van der Waals surface area contributed by atoms with Gasteiger partial charge < -0.3 is 14.3 Å². The highest BCUT2D eigenvalue weighted by Gasteiger charge is 2.26. The van der Waals surface area contributed by atoms with E-state index >= 15 is 0 Å². The number of nitrogens with one attached hydrogen (secondary N) is 1. The third-order valence-electron chi connectivity index (χ3n) is 4.44. The number of carbonyl (C=O) groups is 1. The van der Waals surface area contributed by atoms with Crippen molar-refractivity contribution in [2.24, 2.45) is 11.8 Å². The third-order valence-corrected chi connectivity index (χ3v) is 4.44. The molecule has 0 bridgehead atoms. The van der Waals surface area contributed by atoms with Gasteiger partial charge in [-0.15, -0.1) is 0 Å². The first-order valence-electron chi connectivity index (χ1n) is 8.94. The topological polar surface area (TPSA) is 84.4 Å². The fraction of sp³-hybridized carbons (Fsp3) is 0.611. The summed E-state index contributed by atoms with van der Waals surface area (Å²) in [7, 11) is 0. The van der Waals surface area contributed by atoms with E-state index < -0.39 is 0 Å². The van der Waals surface area contributed by atoms with Crippen molar-refractivity contribution >= 4 is 5.91 Å². The van der Waals surface area contributed by atoms with Gasteiger partial charge in [-0.25, -0.2) is 0 Å². The summed E-state index contributed by atoms with van der Waals surface area (Å²) in [5.74, 6) is 2.90. The molecule has 0 aromatic carbocycles. The van der Waals surface area contributed by atoms with Crippen LogP contribution in [0, 0.1) is 11.8 Å². The van der Waals surface area contributed by atoms with Crippen molar-refractivity contribution in [1.82, 2.24) is 20.4 Å². The molecule has 136 valence electrons. The largest absolute Gasteiger partial charge is 0.467 e. The van der Waals surface area contributed by atoms with E-state index in [1.54, 1.807) is 6.26 Å². The monoisotopic (exact) mass is 346 g/mol. The Hall–Kier alpha value is -2.15. The van der Waals surface area contributed by atoms with Gasteiger partial charge in [-0.3, -0.25) is 9.69 Å². The Kier molecular flexibility index (Phi) is 5.86. The van der Waals surface area contributed by atoms with Crippen LogP contribution in [0.25, 0.3) is 0 Å². The van der Waals surface area contributed by atoms with Crippen LogP contribution in [-0.4, -0.2) is 34.0 Å². The van der Waals surface area contributed by atoms with E-state index in [-0.39, 0.29) is 11.8 Å². The van der Waals surface area contributed by atoms with E-state index in [0.717, 1.165) is 43.9 Å². The summed E-state index contributed by atoms with van der Waals surface area (Å²) < 4.78 is 10.6. The molecule has 3 heterocycles. The van der Waals surface area contributed by atoms with E-state index in [4.69, 9.17) is 8.94 Å². The summed E-state index contributed by atoms with van der Waals surface area (Å²) in [6.45, 7) is 7.11. The Bertz CT molecular complexity index is 658. The lowest BCUT2D eigenvalue weighted by Crippen LogP contribution is -2.40. The number of hydrogen-bond acceptors (Lipinski definition) is 6. The number of nitrogens with zero attached hydrogens (tertiary/aromatic N) is 3. The quantitative estimate of drug-likeness (QED) is 0.829. The van der Waals surface area contributed by atoms with Gasteiger partial charge in [-0.05, 0) is 44.0 Å². The molecule has 0 unspecified atom stereocenters. The zero-order valence-corrected chi connectivity index (χ0v) is 14.9. The normalized spacial score (nSPS) is 16.4. The molecule has 0 atom stereocenters. The minimum absolute atomic E-state index is 0.0606. The van der Waals surface area contributed by atoms with Crippen molar-refractivity contribution < 1.29 is 13.7 Å². The molecule has 3 rings (SSSR count). The van der Waals surface area contributed by atoms with Gasteiger partial charge in [0.2, 0.25) is 11.8 Å². The molecule has 2 aromatic heterocycles. The van der Waals surface area contributed by atoms with Crippen LogP contribution in [0.15, 0.2) is 27.3 Å². The first-order chi connectivity index (χ1) is 12.1. The summed E-state index contributed by atoms with van der Waals surface area (Å²) in [6, 6.07) is 3.69. The molecule has 1 aliphatic heterocycles. The van der Waals surface area contributed by atoms with Crippen LogP contribution in [0.4, 0.5) is 0 Å². The lowest BCUT2D eigenvalue weighted by molar-refractivity contribution is -0.126. The molecular formula is C18H26N4O3. The minimum Gasteiger partial charge on any atom is -0.467 e. The Morgan fingerprint density at radius 1 is 1.40 bits per heavy atom. The molecule has 1 amide bonds. The summed E-state index contributed by atoms with van der Waals surface area (Å²) >= 11 is 0. The van der Waals surface area contributed by atoms with Gasteiger partial charge in [-0.1, -0.05) is 19.0 Å². The summed E-state index contributed by atoms with van der Waals surface area (Å²) in [5, 5.41) is 6.98. The molecule has 7 heteroatoms. The van der Waals surface area contributed by atoms with E-state index in [0.29, 0.717) is 24.9 Å². The molecule has 1 fully saturated rings. The second kappa shape index (κ2) is 8.29. The number of rotatable bonds is 7. The Labute approximate surface area is 147 Å². The lowest BCUT2D eigenvalue weighted by atomic mass is 9.96. The number of piperidine rings is 1. The van der Waals surface area contributed by atoms with Gasteiger partial charge in [0.25, 0.3) is 0 Å². The predicted octanol–water partition coefficient (Wildman–Crippen LogP) is 2.39. The van der Waals surface area contributed by atoms with Crippen molar-refractivity contribution in [3.8, 4) is 0 Å². The van der Waals surface area contributed by atoms with Crippen molar-refractivity contribution in [3.63, 3.8) is 0 Å². The molecule has 0 aliphatic carbocycles. The molecule has 25 heavy (non-hydrogen) atoms. The van der Waals surface area contributed by atoms with Gasteiger partial charge in [-0.2, -0.15) is 4.98 Å². The van der Waals surface area contributed by atoms with Crippen LogP contribution in [0.5, 0.6) is 0 Å². The molecular weight excluding hydrogens is 320 g/mol. The summed E-state index contributed by atoms with van der Waals surface area (Å²) in [4.78, 5) is 19.0. The zero-order valence-electron chi connectivity index (χ0n) is 14.9. The van der Waals surface area contributed by atoms with Crippen molar-refractivity contribution in [1.29, 1.82) is 0 Å². The molecule has 0 spiro atoms. The lowest BCUT2D eigenvalue weighted by Gasteiger charge is -2.30. The average Bonchev–Trinajstić information content (AvgIpc) is 3.25. The SMILES string of the molecule is CC(C)Cc1noc(CN2CCC(C(=O)NCc3ccco3)CC2)n1. The first-order valence-corrected chi connectivity index (χ1v) is 8.94.